The predicted octanol–water partition coefficient (Wildman–Crippen LogP) is 2.83. The SMILES string of the molecule is CC(C)(CCO)CNC(=O)c1ccccc1NCc1cccnc1. The molecule has 0 unspecified atom stereocenters. The summed E-state index contributed by atoms with van der Waals surface area (Å²) < 4.78 is 0. The van der Waals surface area contributed by atoms with E-state index >= 15 is 0 Å². The second kappa shape index (κ2) is 8.45. The Bertz CT molecular complexity index is 657. The smallest absolute Gasteiger partial charge is 0.253 e. The summed E-state index contributed by atoms with van der Waals surface area (Å²) >= 11 is 0. The molecule has 2 aromatic rings. The van der Waals surface area contributed by atoms with Crippen LogP contribution in [0.5, 0.6) is 0 Å². The fraction of sp³-hybridized carbons (Fsp3) is 0.368. The number of aromatic nitrogens is 1. The molecule has 0 atom stereocenters. The fourth-order valence-electron chi connectivity index (χ4n) is 2.34. The molecule has 0 saturated carbocycles. The summed E-state index contributed by atoms with van der Waals surface area (Å²) in [7, 11) is 0. The van der Waals surface area contributed by atoms with Crippen LogP contribution in [0.1, 0.15) is 36.2 Å². The molecule has 1 amide bonds. The van der Waals surface area contributed by atoms with Crippen molar-refractivity contribution in [2.45, 2.75) is 26.8 Å². The van der Waals surface area contributed by atoms with E-state index in [1.54, 1.807) is 18.5 Å². The maximum absolute atomic E-state index is 12.5. The predicted molar refractivity (Wildman–Crippen MR) is 95.8 cm³/mol. The van der Waals surface area contributed by atoms with Crippen LogP contribution in [0.25, 0.3) is 0 Å². The van der Waals surface area contributed by atoms with E-state index < -0.39 is 0 Å². The minimum atomic E-state index is -0.136. The normalized spacial score (nSPS) is 11.1. The second-order valence-corrected chi connectivity index (χ2v) is 6.58. The van der Waals surface area contributed by atoms with Gasteiger partial charge in [-0.25, -0.2) is 0 Å². The van der Waals surface area contributed by atoms with Crippen molar-refractivity contribution >= 4 is 11.6 Å². The van der Waals surface area contributed by atoms with Crippen molar-refractivity contribution in [3.63, 3.8) is 0 Å². The summed E-state index contributed by atoms with van der Waals surface area (Å²) in [6.45, 7) is 5.29. The first-order chi connectivity index (χ1) is 11.5. The Morgan fingerprint density at radius 2 is 2.00 bits per heavy atom. The number of nitrogens with zero attached hydrogens (tertiary/aromatic N) is 1. The molecular formula is C19H25N3O2. The van der Waals surface area contributed by atoms with Gasteiger partial charge in [0.1, 0.15) is 0 Å². The lowest BCUT2D eigenvalue weighted by Crippen LogP contribution is -2.34. The summed E-state index contributed by atoms with van der Waals surface area (Å²) in [6.07, 6.45) is 4.18. The highest BCUT2D eigenvalue weighted by Gasteiger charge is 2.19. The highest BCUT2D eigenvalue weighted by Crippen LogP contribution is 2.20. The highest BCUT2D eigenvalue weighted by molar-refractivity contribution is 5.99. The molecule has 0 saturated heterocycles. The van der Waals surface area contributed by atoms with Crippen molar-refractivity contribution in [2.24, 2.45) is 5.41 Å². The molecule has 5 nitrogen and oxygen atoms in total. The van der Waals surface area contributed by atoms with Gasteiger partial charge in [-0.15, -0.1) is 0 Å². The molecule has 0 bridgehead atoms. The first-order valence-corrected chi connectivity index (χ1v) is 8.13. The summed E-state index contributed by atoms with van der Waals surface area (Å²) in [4.78, 5) is 16.6. The van der Waals surface area contributed by atoms with Gasteiger partial charge in [0.15, 0.2) is 0 Å². The minimum Gasteiger partial charge on any atom is -0.396 e. The number of aliphatic hydroxyl groups is 1. The number of rotatable bonds is 8. The van der Waals surface area contributed by atoms with Crippen LogP contribution in [0.3, 0.4) is 0 Å². The van der Waals surface area contributed by atoms with E-state index in [2.05, 4.69) is 15.6 Å². The number of aliphatic hydroxyl groups excluding tert-OH is 1. The van der Waals surface area contributed by atoms with Crippen LogP contribution in [-0.2, 0) is 6.54 Å². The Morgan fingerprint density at radius 3 is 2.71 bits per heavy atom. The van der Waals surface area contributed by atoms with E-state index in [-0.39, 0.29) is 17.9 Å². The molecular weight excluding hydrogens is 302 g/mol. The van der Waals surface area contributed by atoms with Crippen LogP contribution in [0, 0.1) is 5.41 Å². The third-order valence-corrected chi connectivity index (χ3v) is 3.89. The lowest BCUT2D eigenvalue weighted by atomic mass is 9.89. The topological polar surface area (TPSA) is 74.2 Å². The molecule has 128 valence electrons. The van der Waals surface area contributed by atoms with Crippen molar-refractivity contribution in [3.8, 4) is 0 Å². The van der Waals surface area contributed by atoms with Crippen molar-refractivity contribution in [1.29, 1.82) is 0 Å². The van der Waals surface area contributed by atoms with Crippen LogP contribution in [0.2, 0.25) is 0 Å². The number of amides is 1. The van der Waals surface area contributed by atoms with Crippen LogP contribution >= 0.6 is 0 Å². The van der Waals surface area contributed by atoms with Crippen LogP contribution in [-0.4, -0.2) is 29.1 Å². The molecule has 0 aliphatic carbocycles. The summed E-state index contributed by atoms with van der Waals surface area (Å²) in [5.74, 6) is -0.115. The number of hydrogen-bond acceptors (Lipinski definition) is 4. The van der Waals surface area contributed by atoms with Gasteiger partial charge in [0, 0.05) is 37.8 Å². The average Bonchev–Trinajstić information content (AvgIpc) is 2.59. The average molecular weight is 327 g/mol. The zero-order valence-corrected chi connectivity index (χ0v) is 14.2. The van der Waals surface area contributed by atoms with Crippen molar-refractivity contribution in [2.75, 3.05) is 18.5 Å². The Kier molecular flexibility index (Phi) is 6.32. The van der Waals surface area contributed by atoms with Crippen LogP contribution in [0.4, 0.5) is 5.69 Å². The number of nitrogens with one attached hydrogen (secondary N) is 2. The summed E-state index contributed by atoms with van der Waals surface area (Å²) in [5, 5.41) is 15.3. The molecule has 0 spiro atoms. The quantitative estimate of drug-likeness (QED) is 0.697. The van der Waals surface area contributed by atoms with Crippen LogP contribution < -0.4 is 10.6 Å². The van der Waals surface area contributed by atoms with E-state index in [0.717, 1.165) is 11.3 Å². The molecule has 0 fully saturated rings. The first-order valence-electron chi connectivity index (χ1n) is 8.13. The minimum absolute atomic E-state index is 0.115. The van der Waals surface area contributed by atoms with E-state index in [1.807, 2.05) is 44.2 Å². The number of pyridine rings is 1. The van der Waals surface area contributed by atoms with E-state index in [9.17, 15) is 4.79 Å². The van der Waals surface area contributed by atoms with Gasteiger partial charge >= 0.3 is 0 Å². The zero-order chi connectivity index (χ0) is 17.4. The number of carbonyl (C=O) groups excluding carboxylic acids is 1. The molecule has 0 aliphatic rings. The van der Waals surface area contributed by atoms with Gasteiger partial charge in [0.05, 0.1) is 5.56 Å². The lowest BCUT2D eigenvalue weighted by molar-refractivity contribution is 0.0929. The second-order valence-electron chi connectivity index (χ2n) is 6.58. The molecule has 0 aliphatic heterocycles. The number of hydrogen-bond donors (Lipinski definition) is 3. The van der Waals surface area contributed by atoms with Crippen molar-refractivity contribution in [1.82, 2.24) is 10.3 Å². The number of benzene rings is 1. The maximum atomic E-state index is 12.5. The first kappa shape index (κ1) is 17.9. The van der Waals surface area contributed by atoms with Gasteiger partial charge < -0.3 is 15.7 Å². The molecule has 3 N–H and O–H groups in total. The monoisotopic (exact) mass is 327 g/mol. The summed E-state index contributed by atoms with van der Waals surface area (Å²) in [6, 6.07) is 11.3. The number of para-hydroxylation sites is 1. The van der Waals surface area contributed by atoms with Gasteiger partial charge in [0.25, 0.3) is 5.91 Å². The fourth-order valence-corrected chi connectivity index (χ4v) is 2.34. The largest absolute Gasteiger partial charge is 0.396 e. The summed E-state index contributed by atoms with van der Waals surface area (Å²) in [5.41, 5.74) is 2.32. The van der Waals surface area contributed by atoms with Gasteiger partial charge in [-0.05, 0) is 35.6 Å². The Hall–Kier alpha value is -2.40. The van der Waals surface area contributed by atoms with Gasteiger partial charge in [-0.1, -0.05) is 32.0 Å². The van der Waals surface area contributed by atoms with Crippen LogP contribution in [0.15, 0.2) is 48.8 Å². The third kappa shape index (κ3) is 5.35. The van der Waals surface area contributed by atoms with Crippen molar-refractivity contribution in [3.05, 3.63) is 59.9 Å². The maximum Gasteiger partial charge on any atom is 0.253 e. The molecule has 24 heavy (non-hydrogen) atoms. The Balaban J connectivity index is 2.01. The van der Waals surface area contributed by atoms with E-state index in [1.165, 1.54) is 0 Å². The molecule has 1 aromatic heterocycles. The molecule has 0 radical (unpaired) electrons. The number of carbonyl (C=O) groups is 1. The Morgan fingerprint density at radius 1 is 1.21 bits per heavy atom. The highest BCUT2D eigenvalue weighted by atomic mass is 16.3. The molecule has 1 heterocycles. The lowest BCUT2D eigenvalue weighted by Gasteiger charge is -2.24. The van der Waals surface area contributed by atoms with Crippen molar-refractivity contribution < 1.29 is 9.90 Å². The van der Waals surface area contributed by atoms with Gasteiger partial charge in [-0.3, -0.25) is 9.78 Å². The Labute approximate surface area is 143 Å². The van der Waals surface area contributed by atoms with Gasteiger partial charge in [-0.2, -0.15) is 0 Å². The van der Waals surface area contributed by atoms with Gasteiger partial charge in [0.2, 0.25) is 0 Å². The number of anilines is 1. The molecule has 2 rings (SSSR count). The van der Waals surface area contributed by atoms with E-state index in [4.69, 9.17) is 5.11 Å². The standard InChI is InChI=1S/C19H25N3O2/c1-19(2,9-11-23)14-22-18(24)16-7-3-4-8-17(16)21-13-15-6-5-10-20-12-15/h3-8,10,12,21,23H,9,11,13-14H2,1-2H3,(H,22,24). The molecule has 1 aromatic carbocycles. The van der Waals surface area contributed by atoms with E-state index in [0.29, 0.717) is 25.1 Å². The third-order valence-electron chi connectivity index (χ3n) is 3.89. The molecule has 5 heteroatoms. The zero-order valence-electron chi connectivity index (χ0n) is 14.2.